The Balaban J connectivity index is 2.23. The van der Waals surface area contributed by atoms with Crippen molar-refractivity contribution < 1.29 is 4.74 Å². The van der Waals surface area contributed by atoms with E-state index in [1.165, 1.54) is 0 Å². The van der Waals surface area contributed by atoms with Crippen LogP contribution in [-0.4, -0.2) is 4.98 Å². The Morgan fingerprint density at radius 1 is 1.25 bits per heavy atom. The summed E-state index contributed by atoms with van der Waals surface area (Å²) in [6.07, 6.45) is 1.57. The van der Waals surface area contributed by atoms with Crippen LogP contribution >= 0.6 is 15.9 Å². The first-order valence-electron chi connectivity index (χ1n) is 4.81. The van der Waals surface area contributed by atoms with Gasteiger partial charge in [0.1, 0.15) is 5.75 Å². The Hall–Kier alpha value is -1.55. The van der Waals surface area contributed by atoms with Crippen LogP contribution in [0, 0.1) is 6.92 Å². The average molecular weight is 279 g/mol. The molecule has 0 aliphatic heterocycles. The molecule has 0 saturated carbocycles. The quantitative estimate of drug-likeness (QED) is 0.914. The zero-order chi connectivity index (χ0) is 11.5. The van der Waals surface area contributed by atoms with Gasteiger partial charge < -0.3 is 10.5 Å². The van der Waals surface area contributed by atoms with Crippen molar-refractivity contribution in [2.45, 2.75) is 6.92 Å². The summed E-state index contributed by atoms with van der Waals surface area (Å²) in [5.74, 6) is 1.33. The van der Waals surface area contributed by atoms with Crippen LogP contribution in [0.15, 0.2) is 41.0 Å². The van der Waals surface area contributed by atoms with Gasteiger partial charge in [0.2, 0.25) is 5.88 Å². The molecule has 82 valence electrons. The highest BCUT2D eigenvalue weighted by Gasteiger charge is 2.02. The van der Waals surface area contributed by atoms with Crippen LogP contribution in [-0.2, 0) is 0 Å². The molecule has 0 unspecified atom stereocenters. The fourth-order valence-corrected chi connectivity index (χ4v) is 1.77. The fourth-order valence-electron chi connectivity index (χ4n) is 1.29. The van der Waals surface area contributed by atoms with Crippen molar-refractivity contribution in [2.75, 3.05) is 5.73 Å². The number of aromatic nitrogens is 1. The first kappa shape index (κ1) is 11.0. The number of benzene rings is 1. The van der Waals surface area contributed by atoms with Crippen LogP contribution in [0.4, 0.5) is 5.69 Å². The van der Waals surface area contributed by atoms with E-state index in [1.54, 1.807) is 18.3 Å². The maximum atomic E-state index is 5.63. The third-order valence-corrected chi connectivity index (χ3v) is 2.60. The van der Waals surface area contributed by atoms with E-state index in [9.17, 15) is 0 Å². The van der Waals surface area contributed by atoms with Crippen molar-refractivity contribution in [2.24, 2.45) is 0 Å². The lowest BCUT2D eigenvalue weighted by molar-refractivity contribution is 0.459. The fraction of sp³-hybridized carbons (Fsp3) is 0.0833. The van der Waals surface area contributed by atoms with E-state index in [1.807, 2.05) is 25.1 Å². The minimum Gasteiger partial charge on any atom is -0.439 e. The number of nitrogens with zero attached hydrogens (tertiary/aromatic N) is 1. The summed E-state index contributed by atoms with van der Waals surface area (Å²) in [4.78, 5) is 4.08. The Kier molecular flexibility index (Phi) is 3.10. The largest absolute Gasteiger partial charge is 0.439 e. The summed E-state index contributed by atoms with van der Waals surface area (Å²) in [5, 5.41) is 0. The summed E-state index contributed by atoms with van der Waals surface area (Å²) in [7, 11) is 0. The van der Waals surface area contributed by atoms with E-state index in [2.05, 4.69) is 20.9 Å². The molecule has 3 nitrogen and oxygen atoms in total. The van der Waals surface area contributed by atoms with Gasteiger partial charge in [-0.15, -0.1) is 0 Å². The van der Waals surface area contributed by atoms with Crippen LogP contribution in [0.2, 0.25) is 0 Å². The summed E-state index contributed by atoms with van der Waals surface area (Å²) in [5.41, 5.74) is 7.22. The number of ether oxygens (including phenoxy) is 1. The molecule has 2 aromatic rings. The van der Waals surface area contributed by atoms with Gasteiger partial charge in [-0.25, -0.2) is 4.98 Å². The Morgan fingerprint density at radius 2 is 2.06 bits per heavy atom. The minimum absolute atomic E-state index is 0.541. The van der Waals surface area contributed by atoms with Gasteiger partial charge in [0, 0.05) is 10.5 Å². The molecular weight excluding hydrogens is 268 g/mol. The molecule has 0 bridgehead atoms. The normalized spacial score (nSPS) is 10.1. The Bertz CT molecular complexity index is 497. The van der Waals surface area contributed by atoms with E-state index in [4.69, 9.17) is 10.5 Å². The molecule has 0 spiro atoms. The van der Waals surface area contributed by atoms with Gasteiger partial charge in [-0.2, -0.15) is 0 Å². The van der Waals surface area contributed by atoms with Crippen molar-refractivity contribution in [3.05, 3.63) is 46.6 Å². The molecule has 1 aromatic heterocycles. The molecule has 0 fully saturated rings. The third-order valence-electron chi connectivity index (χ3n) is 2.11. The van der Waals surface area contributed by atoms with Crippen molar-refractivity contribution in [3.63, 3.8) is 0 Å². The van der Waals surface area contributed by atoms with E-state index in [-0.39, 0.29) is 0 Å². The Morgan fingerprint density at radius 3 is 2.69 bits per heavy atom. The number of nitrogen functional groups attached to an aromatic ring is 1. The van der Waals surface area contributed by atoms with Gasteiger partial charge >= 0.3 is 0 Å². The molecule has 0 radical (unpaired) electrons. The van der Waals surface area contributed by atoms with Gasteiger partial charge in [0.25, 0.3) is 0 Å². The maximum absolute atomic E-state index is 5.63. The lowest BCUT2D eigenvalue weighted by atomic mass is 10.2. The molecular formula is C12H11BrN2O. The first-order chi connectivity index (χ1) is 7.65. The molecule has 2 N–H and O–H groups in total. The summed E-state index contributed by atoms with van der Waals surface area (Å²) in [6, 6.07) is 9.33. The second kappa shape index (κ2) is 4.53. The highest BCUT2D eigenvalue weighted by Crippen LogP contribution is 2.26. The molecule has 16 heavy (non-hydrogen) atoms. The van der Waals surface area contributed by atoms with Crippen LogP contribution in [0.1, 0.15) is 5.56 Å². The number of hydrogen-bond acceptors (Lipinski definition) is 3. The highest BCUT2D eigenvalue weighted by molar-refractivity contribution is 9.10. The molecule has 0 saturated heterocycles. The lowest BCUT2D eigenvalue weighted by Crippen LogP contribution is -1.91. The molecule has 2 rings (SSSR count). The number of aryl methyl sites for hydroxylation is 1. The minimum atomic E-state index is 0.541. The van der Waals surface area contributed by atoms with Crippen molar-refractivity contribution in [1.82, 2.24) is 4.98 Å². The molecule has 0 aliphatic carbocycles. The molecule has 0 atom stereocenters. The second-order valence-electron chi connectivity index (χ2n) is 3.44. The van der Waals surface area contributed by atoms with Gasteiger partial charge in [-0.3, -0.25) is 0 Å². The van der Waals surface area contributed by atoms with Gasteiger partial charge in [-0.05, 0) is 36.8 Å². The van der Waals surface area contributed by atoms with Gasteiger partial charge in [0.15, 0.2) is 0 Å². The van der Waals surface area contributed by atoms with Crippen LogP contribution in [0.3, 0.4) is 0 Å². The Labute approximate surface area is 102 Å². The van der Waals surface area contributed by atoms with Crippen LogP contribution < -0.4 is 10.5 Å². The molecule has 1 heterocycles. The molecule has 1 aromatic carbocycles. The number of halogens is 1. The zero-order valence-electron chi connectivity index (χ0n) is 8.77. The number of anilines is 1. The number of rotatable bonds is 2. The summed E-state index contributed by atoms with van der Waals surface area (Å²) in [6.45, 7) is 1.98. The monoisotopic (exact) mass is 278 g/mol. The SMILES string of the molecule is Cc1cc(Br)ccc1Oc1ccc(N)cn1. The average Bonchev–Trinajstić information content (AvgIpc) is 2.25. The molecule has 0 amide bonds. The van der Waals surface area contributed by atoms with Crippen LogP contribution in [0.25, 0.3) is 0 Å². The van der Waals surface area contributed by atoms with E-state index >= 15 is 0 Å². The number of hydrogen-bond donors (Lipinski definition) is 1. The van der Waals surface area contributed by atoms with E-state index < -0.39 is 0 Å². The smallest absolute Gasteiger partial charge is 0.219 e. The van der Waals surface area contributed by atoms with Gasteiger partial charge in [0.05, 0.1) is 11.9 Å². The molecule has 0 aliphatic rings. The maximum Gasteiger partial charge on any atom is 0.219 e. The summed E-state index contributed by atoms with van der Waals surface area (Å²) < 4.78 is 6.66. The number of pyridine rings is 1. The predicted molar refractivity (Wildman–Crippen MR) is 67.6 cm³/mol. The van der Waals surface area contributed by atoms with E-state index in [0.29, 0.717) is 11.6 Å². The van der Waals surface area contributed by atoms with Gasteiger partial charge in [-0.1, -0.05) is 15.9 Å². The van der Waals surface area contributed by atoms with E-state index in [0.717, 1.165) is 15.8 Å². The predicted octanol–water partition coefficient (Wildman–Crippen LogP) is 3.53. The van der Waals surface area contributed by atoms with Crippen molar-refractivity contribution in [3.8, 4) is 11.6 Å². The zero-order valence-corrected chi connectivity index (χ0v) is 10.4. The molecule has 4 heteroatoms. The number of nitrogens with two attached hydrogens (primary N) is 1. The topological polar surface area (TPSA) is 48.1 Å². The van der Waals surface area contributed by atoms with Crippen molar-refractivity contribution >= 4 is 21.6 Å². The highest BCUT2D eigenvalue weighted by atomic mass is 79.9. The third kappa shape index (κ3) is 2.52. The second-order valence-corrected chi connectivity index (χ2v) is 4.36. The standard InChI is InChI=1S/C12H11BrN2O/c1-8-6-9(13)2-4-11(8)16-12-5-3-10(14)7-15-12/h2-7H,14H2,1H3. The van der Waals surface area contributed by atoms with Crippen molar-refractivity contribution in [1.29, 1.82) is 0 Å². The summed E-state index contributed by atoms with van der Waals surface area (Å²) >= 11 is 3.40. The lowest BCUT2D eigenvalue weighted by Gasteiger charge is -2.07. The van der Waals surface area contributed by atoms with Crippen LogP contribution in [0.5, 0.6) is 11.6 Å². The first-order valence-corrected chi connectivity index (χ1v) is 5.60.